The number of esters is 2. The maximum atomic E-state index is 12.0. The van der Waals surface area contributed by atoms with Gasteiger partial charge in [-0.1, -0.05) is 34.6 Å². The van der Waals surface area contributed by atoms with Crippen LogP contribution in [0.25, 0.3) is 0 Å². The average molecular weight is 453 g/mol. The van der Waals surface area contributed by atoms with E-state index in [1.807, 2.05) is 0 Å². The lowest BCUT2D eigenvalue weighted by molar-refractivity contribution is -0.244. The molecule has 4 nitrogen and oxygen atoms in total. The number of fused-ring (bicyclic) bond motifs is 5. The van der Waals surface area contributed by atoms with Crippen molar-refractivity contribution in [2.45, 2.75) is 111 Å². The molecule has 0 aromatic carbocycles. The first-order valence-electron chi connectivity index (χ1n) is 12.3. The highest BCUT2D eigenvalue weighted by molar-refractivity contribution is 6.21. The predicted molar refractivity (Wildman–Crippen MR) is 122 cm³/mol. The number of carbonyl (C=O) groups is 2. The van der Waals surface area contributed by atoms with E-state index in [9.17, 15) is 9.59 Å². The Hall–Kier alpha value is -0.770. The molecular weight excluding hydrogens is 412 g/mol. The van der Waals surface area contributed by atoms with E-state index in [4.69, 9.17) is 21.1 Å². The third-order valence-electron chi connectivity index (χ3n) is 10.9. The van der Waals surface area contributed by atoms with Crippen LogP contribution in [0.4, 0.5) is 0 Å². The Bertz CT molecular complexity index is 765. The fraction of sp³-hybridized carbons (Fsp3) is 0.923. The number of alkyl halides is 1. The summed E-state index contributed by atoms with van der Waals surface area (Å²) in [6.07, 6.45) is 7.16. The highest BCUT2D eigenvalue weighted by Crippen LogP contribution is 2.75. The summed E-state index contributed by atoms with van der Waals surface area (Å²) in [5, 5.41) is 0.0776. The van der Waals surface area contributed by atoms with Crippen LogP contribution in [-0.4, -0.2) is 29.5 Å². The van der Waals surface area contributed by atoms with E-state index in [-0.39, 0.29) is 57.1 Å². The van der Waals surface area contributed by atoms with Gasteiger partial charge in [-0.25, -0.2) is 0 Å². The number of hydrogen-bond acceptors (Lipinski definition) is 4. The molecule has 0 bridgehead atoms. The normalized spacial score (nSPS) is 50.6. The van der Waals surface area contributed by atoms with Crippen LogP contribution in [0.2, 0.25) is 0 Å². The smallest absolute Gasteiger partial charge is 0.302 e. The molecule has 9 atom stereocenters. The molecule has 0 saturated heterocycles. The highest BCUT2D eigenvalue weighted by Gasteiger charge is 2.71. The summed E-state index contributed by atoms with van der Waals surface area (Å²) in [4.78, 5) is 23.8. The van der Waals surface area contributed by atoms with E-state index in [0.717, 1.165) is 44.9 Å². The van der Waals surface area contributed by atoms with Gasteiger partial charge in [0.15, 0.2) is 0 Å². The van der Waals surface area contributed by atoms with Crippen LogP contribution in [0.3, 0.4) is 0 Å². The van der Waals surface area contributed by atoms with E-state index < -0.39 is 0 Å². The second kappa shape index (κ2) is 7.37. The second-order valence-electron chi connectivity index (χ2n) is 12.4. The number of carbonyl (C=O) groups excluding carboxylic acids is 2. The van der Waals surface area contributed by atoms with Crippen LogP contribution in [0.5, 0.6) is 0 Å². The molecule has 0 heterocycles. The van der Waals surface area contributed by atoms with Crippen LogP contribution in [0.1, 0.15) is 93.4 Å². The maximum Gasteiger partial charge on any atom is 0.302 e. The van der Waals surface area contributed by atoms with Gasteiger partial charge in [-0.2, -0.15) is 0 Å². The van der Waals surface area contributed by atoms with Crippen LogP contribution in [-0.2, 0) is 19.1 Å². The first kappa shape index (κ1) is 23.4. The van der Waals surface area contributed by atoms with Crippen molar-refractivity contribution in [2.24, 2.45) is 39.4 Å². The molecule has 5 heteroatoms. The average Bonchev–Trinajstić information content (AvgIpc) is 2.96. The summed E-state index contributed by atoms with van der Waals surface area (Å²) in [6.45, 7) is 15.1. The van der Waals surface area contributed by atoms with Crippen LogP contribution in [0, 0.1) is 39.4 Å². The van der Waals surface area contributed by atoms with Crippen molar-refractivity contribution in [3.63, 3.8) is 0 Å². The fourth-order valence-corrected chi connectivity index (χ4v) is 9.91. The summed E-state index contributed by atoms with van der Waals surface area (Å²) < 4.78 is 11.8. The van der Waals surface area contributed by atoms with Crippen molar-refractivity contribution in [1.29, 1.82) is 0 Å². The first-order valence-corrected chi connectivity index (χ1v) is 12.7. The summed E-state index contributed by atoms with van der Waals surface area (Å²) in [5.74, 6) is 0.795. The zero-order chi connectivity index (χ0) is 23.0. The van der Waals surface area contributed by atoms with Gasteiger partial charge in [0, 0.05) is 30.6 Å². The van der Waals surface area contributed by atoms with Gasteiger partial charge in [0.25, 0.3) is 0 Å². The predicted octanol–water partition coefficient (Wildman–Crippen LogP) is 6.14. The minimum absolute atomic E-state index is 0.0256. The van der Waals surface area contributed by atoms with Gasteiger partial charge in [0.1, 0.15) is 12.2 Å². The first-order chi connectivity index (χ1) is 14.3. The highest BCUT2D eigenvalue weighted by atomic mass is 35.5. The van der Waals surface area contributed by atoms with Crippen LogP contribution >= 0.6 is 11.6 Å². The minimum Gasteiger partial charge on any atom is -0.462 e. The molecule has 4 saturated carbocycles. The Morgan fingerprint density at radius 2 is 1.42 bits per heavy atom. The van der Waals surface area contributed by atoms with E-state index >= 15 is 0 Å². The molecule has 0 radical (unpaired) electrons. The zero-order valence-electron chi connectivity index (χ0n) is 20.4. The van der Waals surface area contributed by atoms with E-state index in [1.54, 1.807) is 0 Å². The standard InChI is InChI=1S/C26H41ClO4/c1-15(28)30-18-14-20-24(5)11-10-21(31-16(2)29)23(3,4)19(24)9-13-25(20,6)26(7)12-8-17(27)22(18)26/h17-22H,8-14H2,1-7H3/t17-,18+,19-,20+,21-,22-,24-,25+,26+/m0/s1. The fourth-order valence-electron chi connectivity index (χ4n) is 9.36. The van der Waals surface area contributed by atoms with Crippen molar-refractivity contribution in [1.82, 2.24) is 0 Å². The van der Waals surface area contributed by atoms with E-state index in [2.05, 4.69) is 34.6 Å². The Labute approximate surface area is 193 Å². The molecule has 0 aromatic heterocycles. The van der Waals surface area contributed by atoms with Crippen LogP contribution < -0.4 is 0 Å². The molecule has 4 fully saturated rings. The summed E-state index contributed by atoms with van der Waals surface area (Å²) in [6, 6.07) is 0. The number of rotatable bonds is 2. The SMILES string of the molecule is CC(=O)O[C@H]1CC[C@]2(C)[C@H]3C[C@@H](OC(C)=O)[C@@H]4[C@@H](Cl)CC[C@@]4(C)[C@]3(C)CC[C@H]2C1(C)C. The van der Waals surface area contributed by atoms with Crippen molar-refractivity contribution >= 4 is 23.5 Å². The molecule has 4 rings (SSSR count). The largest absolute Gasteiger partial charge is 0.462 e. The zero-order valence-corrected chi connectivity index (χ0v) is 21.2. The van der Waals surface area contributed by atoms with Gasteiger partial charge in [-0.15, -0.1) is 11.6 Å². The topological polar surface area (TPSA) is 52.6 Å². The Morgan fingerprint density at radius 1 is 0.806 bits per heavy atom. The molecule has 0 aliphatic heterocycles. The van der Waals surface area contributed by atoms with E-state index in [0.29, 0.717) is 11.8 Å². The number of ether oxygens (including phenoxy) is 2. The third kappa shape index (κ3) is 3.21. The lowest BCUT2D eigenvalue weighted by Crippen LogP contribution is -2.66. The molecular formula is C26H41ClO4. The van der Waals surface area contributed by atoms with Gasteiger partial charge in [0.05, 0.1) is 0 Å². The maximum absolute atomic E-state index is 12.0. The van der Waals surface area contributed by atoms with Gasteiger partial charge >= 0.3 is 11.9 Å². The molecule has 4 aliphatic rings. The molecule has 31 heavy (non-hydrogen) atoms. The third-order valence-corrected chi connectivity index (χ3v) is 11.3. The van der Waals surface area contributed by atoms with Gasteiger partial charge in [0.2, 0.25) is 0 Å². The number of halogens is 1. The number of hydrogen-bond donors (Lipinski definition) is 0. The monoisotopic (exact) mass is 452 g/mol. The molecule has 0 aromatic rings. The van der Waals surface area contributed by atoms with Gasteiger partial charge < -0.3 is 9.47 Å². The Morgan fingerprint density at radius 3 is 2.03 bits per heavy atom. The molecule has 4 aliphatic carbocycles. The molecule has 0 spiro atoms. The van der Waals surface area contributed by atoms with E-state index in [1.165, 1.54) is 13.8 Å². The molecule has 0 amide bonds. The molecule has 0 N–H and O–H groups in total. The van der Waals surface area contributed by atoms with Crippen molar-refractivity contribution in [2.75, 3.05) is 0 Å². The quantitative estimate of drug-likeness (QED) is 0.373. The lowest BCUT2D eigenvalue weighted by atomic mass is 9.35. The molecule has 0 unspecified atom stereocenters. The summed E-state index contributed by atoms with van der Waals surface area (Å²) >= 11 is 6.89. The van der Waals surface area contributed by atoms with Crippen molar-refractivity contribution in [3.05, 3.63) is 0 Å². The second-order valence-corrected chi connectivity index (χ2v) is 13.0. The summed E-state index contributed by atoms with van der Waals surface area (Å²) in [5.41, 5.74) is 0.310. The van der Waals surface area contributed by atoms with Gasteiger partial charge in [-0.3, -0.25) is 9.59 Å². The Balaban J connectivity index is 1.74. The van der Waals surface area contributed by atoms with Gasteiger partial charge in [-0.05, 0) is 73.0 Å². The Kier molecular flexibility index (Phi) is 5.56. The molecule has 176 valence electrons. The van der Waals surface area contributed by atoms with Crippen molar-refractivity contribution in [3.8, 4) is 0 Å². The lowest BCUT2D eigenvalue weighted by Gasteiger charge is -2.70. The van der Waals surface area contributed by atoms with Crippen LogP contribution in [0.15, 0.2) is 0 Å². The minimum atomic E-state index is -0.192. The van der Waals surface area contributed by atoms with Crippen molar-refractivity contribution < 1.29 is 19.1 Å². The summed E-state index contributed by atoms with van der Waals surface area (Å²) in [7, 11) is 0.